The average Bonchev–Trinajstić information content (AvgIpc) is 2.95. The fourth-order valence-corrected chi connectivity index (χ4v) is 3.52. The fraction of sp³-hybridized carbons (Fsp3) is 0.227. The van der Waals surface area contributed by atoms with Crippen LogP contribution in [0.1, 0.15) is 23.6 Å². The van der Waals surface area contributed by atoms with E-state index in [9.17, 15) is 9.90 Å². The van der Waals surface area contributed by atoms with Gasteiger partial charge in [0, 0.05) is 7.05 Å². The van der Waals surface area contributed by atoms with Gasteiger partial charge in [-0.25, -0.2) is 0 Å². The molecule has 2 aromatic rings. The van der Waals surface area contributed by atoms with E-state index in [2.05, 4.69) is 11.9 Å². The Morgan fingerprint density at radius 3 is 2.54 bits per heavy atom. The Balaban J connectivity index is 1.77. The average molecular weight is 417 g/mol. The van der Waals surface area contributed by atoms with Gasteiger partial charge in [-0.1, -0.05) is 66.2 Å². The molecule has 0 radical (unpaired) electrons. The van der Waals surface area contributed by atoms with Gasteiger partial charge in [0.2, 0.25) is 0 Å². The number of hydrogen-bond acceptors (Lipinski definition) is 3. The summed E-state index contributed by atoms with van der Waals surface area (Å²) in [7, 11) is 1.79. The van der Waals surface area contributed by atoms with E-state index in [1.807, 2.05) is 42.5 Å². The van der Waals surface area contributed by atoms with E-state index in [1.165, 1.54) is 0 Å². The Bertz CT molecular complexity index is 925. The van der Waals surface area contributed by atoms with E-state index in [1.54, 1.807) is 18.0 Å². The number of nitrogens with one attached hydrogen (secondary N) is 1. The number of carbonyl (C=O) groups is 1. The molecule has 2 N–H and O–H groups in total. The standard InChI is InChI=1S/C22H22Cl2N2O2/c1-14-21(27)17(13-26(14)2)22(28)25-20(16-6-4-3-5-7-16)11-9-15-8-10-18(23)19(24)12-15/h3-8,10,12,20,27H,1,9,11,13H2,2H3,(H,25,28). The lowest BCUT2D eigenvalue weighted by Crippen LogP contribution is -2.32. The fourth-order valence-electron chi connectivity index (χ4n) is 3.20. The summed E-state index contributed by atoms with van der Waals surface area (Å²) in [5, 5.41) is 14.3. The minimum absolute atomic E-state index is 0.0451. The summed E-state index contributed by atoms with van der Waals surface area (Å²) < 4.78 is 0. The maximum absolute atomic E-state index is 12.8. The van der Waals surface area contributed by atoms with Crippen LogP contribution in [0.3, 0.4) is 0 Å². The maximum atomic E-state index is 12.8. The van der Waals surface area contributed by atoms with Crippen molar-refractivity contribution in [2.75, 3.05) is 13.6 Å². The van der Waals surface area contributed by atoms with Crippen molar-refractivity contribution in [2.24, 2.45) is 0 Å². The second-order valence-electron chi connectivity index (χ2n) is 6.85. The number of nitrogens with zero attached hydrogens (tertiary/aromatic N) is 1. The van der Waals surface area contributed by atoms with Gasteiger partial charge in [-0.2, -0.15) is 0 Å². The first-order valence-electron chi connectivity index (χ1n) is 8.99. The van der Waals surface area contributed by atoms with Crippen LogP contribution in [0.5, 0.6) is 0 Å². The van der Waals surface area contributed by atoms with Crippen molar-refractivity contribution in [3.05, 3.63) is 93.3 Å². The molecule has 1 unspecified atom stereocenters. The zero-order valence-electron chi connectivity index (χ0n) is 15.6. The van der Waals surface area contributed by atoms with Gasteiger partial charge in [0.15, 0.2) is 0 Å². The Morgan fingerprint density at radius 2 is 1.93 bits per heavy atom. The Morgan fingerprint density at radius 1 is 1.21 bits per heavy atom. The number of aliphatic hydroxyl groups is 1. The van der Waals surface area contributed by atoms with Crippen LogP contribution in [0.25, 0.3) is 0 Å². The SMILES string of the molecule is C=C1C(O)=C(C(=O)NC(CCc2ccc(Cl)c(Cl)c2)c2ccccc2)CN1C. The molecule has 0 fully saturated rings. The van der Waals surface area contributed by atoms with E-state index < -0.39 is 0 Å². The first kappa shape index (κ1) is 20.3. The number of rotatable bonds is 6. The van der Waals surface area contributed by atoms with Gasteiger partial charge in [-0.15, -0.1) is 0 Å². The van der Waals surface area contributed by atoms with Crippen molar-refractivity contribution in [1.29, 1.82) is 0 Å². The molecule has 1 amide bonds. The van der Waals surface area contributed by atoms with E-state index in [0.29, 0.717) is 40.7 Å². The second-order valence-corrected chi connectivity index (χ2v) is 7.67. The lowest BCUT2D eigenvalue weighted by molar-refractivity contribution is -0.118. The quantitative estimate of drug-likeness (QED) is 0.691. The molecule has 3 rings (SSSR count). The van der Waals surface area contributed by atoms with Gasteiger partial charge < -0.3 is 15.3 Å². The zero-order chi connectivity index (χ0) is 20.3. The van der Waals surface area contributed by atoms with Crippen LogP contribution in [0.4, 0.5) is 0 Å². The van der Waals surface area contributed by atoms with Gasteiger partial charge in [0.05, 0.1) is 33.9 Å². The van der Waals surface area contributed by atoms with E-state index in [0.717, 1.165) is 11.1 Å². The van der Waals surface area contributed by atoms with Crippen molar-refractivity contribution in [3.8, 4) is 0 Å². The van der Waals surface area contributed by atoms with Crippen LogP contribution in [0.15, 0.2) is 72.1 Å². The molecule has 1 aliphatic rings. The minimum atomic E-state index is -0.286. The third-order valence-electron chi connectivity index (χ3n) is 4.90. The molecule has 0 saturated heterocycles. The van der Waals surface area contributed by atoms with Crippen LogP contribution in [-0.2, 0) is 11.2 Å². The van der Waals surface area contributed by atoms with Crippen molar-refractivity contribution < 1.29 is 9.90 Å². The van der Waals surface area contributed by atoms with Crippen LogP contribution >= 0.6 is 23.2 Å². The molecular formula is C22H22Cl2N2O2. The molecule has 6 heteroatoms. The summed E-state index contributed by atoms with van der Waals surface area (Å²) in [5.41, 5.74) is 2.84. The number of aliphatic hydroxyl groups excluding tert-OH is 1. The number of likely N-dealkylation sites (N-methyl/N-ethyl adjacent to an activating group) is 1. The number of amides is 1. The van der Waals surface area contributed by atoms with Gasteiger partial charge >= 0.3 is 0 Å². The molecule has 0 saturated carbocycles. The van der Waals surface area contributed by atoms with E-state index in [-0.39, 0.29) is 17.7 Å². The van der Waals surface area contributed by atoms with E-state index >= 15 is 0 Å². The molecule has 0 bridgehead atoms. The van der Waals surface area contributed by atoms with Gasteiger partial charge in [0.25, 0.3) is 5.91 Å². The topological polar surface area (TPSA) is 52.6 Å². The Labute approximate surface area is 175 Å². The first-order chi connectivity index (χ1) is 13.4. The van der Waals surface area contributed by atoms with E-state index in [4.69, 9.17) is 23.2 Å². The zero-order valence-corrected chi connectivity index (χ0v) is 17.1. The van der Waals surface area contributed by atoms with Crippen LogP contribution in [0, 0.1) is 0 Å². The summed E-state index contributed by atoms with van der Waals surface area (Å²) in [6, 6.07) is 15.1. The molecule has 0 spiro atoms. The van der Waals surface area contributed by atoms with Crippen LogP contribution < -0.4 is 5.32 Å². The third kappa shape index (κ3) is 4.51. The van der Waals surface area contributed by atoms with Crippen molar-refractivity contribution >= 4 is 29.1 Å². The number of aryl methyl sites for hydroxylation is 1. The maximum Gasteiger partial charge on any atom is 0.253 e. The van der Waals surface area contributed by atoms with Gasteiger partial charge in [0.1, 0.15) is 5.76 Å². The largest absolute Gasteiger partial charge is 0.505 e. The Kier molecular flexibility index (Phi) is 6.32. The lowest BCUT2D eigenvalue weighted by atomic mass is 9.98. The van der Waals surface area contributed by atoms with Crippen molar-refractivity contribution in [2.45, 2.75) is 18.9 Å². The number of hydrogen-bond donors (Lipinski definition) is 2. The number of benzene rings is 2. The summed E-state index contributed by atoms with van der Waals surface area (Å²) in [6.07, 6.45) is 1.40. The molecule has 0 aromatic heterocycles. The monoisotopic (exact) mass is 416 g/mol. The highest BCUT2D eigenvalue weighted by Gasteiger charge is 2.28. The molecule has 146 valence electrons. The molecule has 1 heterocycles. The molecule has 28 heavy (non-hydrogen) atoms. The molecular weight excluding hydrogens is 395 g/mol. The normalized spacial score (nSPS) is 15.1. The van der Waals surface area contributed by atoms with Gasteiger partial charge in [-0.05, 0) is 36.1 Å². The molecule has 1 aliphatic heterocycles. The number of halogens is 2. The highest BCUT2D eigenvalue weighted by Crippen LogP contribution is 2.27. The van der Waals surface area contributed by atoms with Gasteiger partial charge in [-0.3, -0.25) is 4.79 Å². The molecule has 1 atom stereocenters. The van der Waals surface area contributed by atoms with Crippen LogP contribution in [-0.4, -0.2) is 29.5 Å². The number of carbonyl (C=O) groups excluding carboxylic acids is 1. The molecule has 0 aliphatic carbocycles. The third-order valence-corrected chi connectivity index (χ3v) is 5.64. The summed E-state index contributed by atoms with van der Waals surface area (Å²) >= 11 is 12.1. The summed E-state index contributed by atoms with van der Waals surface area (Å²) in [5.74, 6) is -0.331. The molecule has 2 aromatic carbocycles. The highest BCUT2D eigenvalue weighted by molar-refractivity contribution is 6.42. The van der Waals surface area contributed by atoms with Crippen molar-refractivity contribution in [1.82, 2.24) is 10.2 Å². The highest BCUT2D eigenvalue weighted by atomic mass is 35.5. The van der Waals surface area contributed by atoms with Crippen molar-refractivity contribution in [3.63, 3.8) is 0 Å². The first-order valence-corrected chi connectivity index (χ1v) is 9.74. The predicted octanol–water partition coefficient (Wildman–Crippen LogP) is 5.05. The lowest BCUT2D eigenvalue weighted by Gasteiger charge is -2.20. The smallest absolute Gasteiger partial charge is 0.253 e. The molecule has 4 nitrogen and oxygen atoms in total. The second kappa shape index (κ2) is 8.72. The van der Waals surface area contributed by atoms with Crippen LogP contribution in [0.2, 0.25) is 10.0 Å². The minimum Gasteiger partial charge on any atom is -0.505 e. The summed E-state index contributed by atoms with van der Waals surface area (Å²) in [6.45, 7) is 4.13. The Hall–Kier alpha value is -2.43. The summed E-state index contributed by atoms with van der Waals surface area (Å²) in [4.78, 5) is 14.6. The predicted molar refractivity (Wildman–Crippen MR) is 114 cm³/mol.